The topological polar surface area (TPSA) is 38.3 Å². The maximum absolute atomic E-state index is 12.5. The Labute approximate surface area is 141 Å². The molecule has 21 heavy (non-hydrogen) atoms. The third kappa shape index (κ3) is 3.22. The fourth-order valence-corrected chi connectivity index (χ4v) is 3.30. The average Bonchev–Trinajstić information content (AvgIpc) is 2.49. The Bertz CT molecular complexity index is 690. The molecule has 1 aliphatic rings. The second-order valence-corrected chi connectivity index (χ2v) is 6.47. The Hall–Kier alpha value is -1.11. The van der Waals surface area contributed by atoms with Crippen molar-refractivity contribution in [2.75, 3.05) is 11.9 Å². The van der Waals surface area contributed by atoms with Gasteiger partial charge >= 0.3 is 0 Å². The lowest BCUT2D eigenvalue weighted by molar-refractivity contribution is -0.128. The van der Waals surface area contributed by atoms with E-state index in [1.54, 1.807) is 6.07 Å². The van der Waals surface area contributed by atoms with Crippen LogP contribution < -0.4 is 5.32 Å². The van der Waals surface area contributed by atoms with Crippen LogP contribution in [0.15, 0.2) is 42.5 Å². The number of fused-ring (bicyclic) bond motifs is 1. The van der Waals surface area contributed by atoms with E-state index >= 15 is 0 Å². The van der Waals surface area contributed by atoms with Crippen LogP contribution >= 0.6 is 34.2 Å². The number of hydrogen-bond donors (Lipinski definition) is 1. The molecule has 0 aromatic heterocycles. The first kappa shape index (κ1) is 14.8. The van der Waals surface area contributed by atoms with Gasteiger partial charge in [-0.3, -0.25) is 4.79 Å². The highest BCUT2D eigenvalue weighted by atomic mass is 127. The van der Waals surface area contributed by atoms with Crippen molar-refractivity contribution in [2.24, 2.45) is 0 Å². The van der Waals surface area contributed by atoms with Gasteiger partial charge in [-0.25, -0.2) is 0 Å². The van der Waals surface area contributed by atoms with Crippen molar-refractivity contribution in [1.29, 1.82) is 0 Å². The van der Waals surface area contributed by atoms with E-state index in [2.05, 4.69) is 27.9 Å². The Morgan fingerprint density at radius 1 is 1.29 bits per heavy atom. The molecular formula is C16H13ClINO2. The molecule has 1 aliphatic heterocycles. The molecule has 0 saturated carbocycles. The number of rotatable bonds is 2. The Kier molecular flexibility index (Phi) is 4.47. The number of nitrogens with one attached hydrogen (secondary N) is 1. The van der Waals surface area contributed by atoms with E-state index in [0.29, 0.717) is 17.3 Å². The minimum Gasteiger partial charge on any atom is -0.363 e. The molecular weight excluding hydrogens is 401 g/mol. The van der Waals surface area contributed by atoms with Crippen LogP contribution in [-0.2, 0) is 16.0 Å². The van der Waals surface area contributed by atoms with Crippen LogP contribution in [0, 0.1) is 3.57 Å². The molecule has 0 bridgehead atoms. The van der Waals surface area contributed by atoms with Crippen LogP contribution in [-0.4, -0.2) is 12.5 Å². The van der Waals surface area contributed by atoms with E-state index < -0.39 is 6.10 Å². The molecule has 108 valence electrons. The van der Waals surface area contributed by atoms with Crippen molar-refractivity contribution in [1.82, 2.24) is 0 Å². The zero-order valence-corrected chi connectivity index (χ0v) is 14.0. The minimum atomic E-state index is -0.578. The molecule has 1 atom stereocenters. The Balaban J connectivity index is 1.83. The fraction of sp³-hybridized carbons (Fsp3) is 0.188. The van der Waals surface area contributed by atoms with Gasteiger partial charge in [0.2, 0.25) is 0 Å². The summed E-state index contributed by atoms with van der Waals surface area (Å²) in [4.78, 5) is 12.5. The normalized spacial score (nSPS) is 17.1. The van der Waals surface area contributed by atoms with Crippen molar-refractivity contribution in [3.8, 4) is 0 Å². The minimum absolute atomic E-state index is 0.190. The monoisotopic (exact) mass is 413 g/mol. The van der Waals surface area contributed by atoms with Crippen LogP contribution in [0.4, 0.5) is 5.69 Å². The molecule has 1 unspecified atom stereocenters. The molecule has 1 heterocycles. The largest absolute Gasteiger partial charge is 0.363 e. The smallest absolute Gasteiger partial charge is 0.258 e. The highest BCUT2D eigenvalue weighted by Gasteiger charge is 2.27. The lowest BCUT2D eigenvalue weighted by Gasteiger charge is -2.25. The molecule has 0 saturated heterocycles. The van der Waals surface area contributed by atoms with Gasteiger partial charge in [-0.05, 0) is 58.3 Å². The van der Waals surface area contributed by atoms with Crippen molar-refractivity contribution in [3.05, 3.63) is 62.2 Å². The molecule has 3 rings (SSSR count). The molecule has 5 heteroatoms. The summed E-state index contributed by atoms with van der Waals surface area (Å²) < 4.78 is 6.67. The molecule has 0 spiro atoms. The summed E-state index contributed by atoms with van der Waals surface area (Å²) in [6.07, 6.45) is 0.259. The maximum Gasteiger partial charge on any atom is 0.258 e. The number of carbonyl (C=O) groups excluding carboxylic acids is 1. The SMILES string of the molecule is O=C(Nc1ccc(I)cc1Cl)C1OCCc2ccccc21. The van der Waals surface area contributed by atoms with Crippen molar-refractivity contribution >= 4 is 45.8 Å². The summed E-state index contributed by atoms with van der Waals surface area (Å²) in [6.45, 7) is 0.551. The van der Waals surface area contributed by atoms with E-state index in [1.165, 1.54) is 0 Å². The highest BCUT2D eigenvalue weighted by Crippen LogP contribution is 2.30. The number of anilines is 1. The van der Waals surface area contributed by atoms with Gasteiger partial charge in [0.05, 0.1) is 17.3 Å². The van der Waals surface area contributed by atoms with Gasteiger partial charge in [-0.1, -0.05) is 35.9 Å². The average molecular weight is 414 g/mol. The van der Waals surface area contributed by atoms with Gasteiger partial charge in [-0.2, -0.15) is 0 Å². The molecule has 3 nitrogen and oxygen atoms in total. The molecule has 2 aromatic rings. The number of carbonyl (C=O) groups is 1. The van der Waals surface area contributed by atoms with Crippen LogP contribution in [0.1, 0.15) is 17.2 Å². The van der Waals surface area contributed by atoms with E-state index in [4.69, 9.17) is 16.3 Å². The van der Waals surface area contributed by atoms with Crippen molar-refractivity contribution in [3.63, 3.8) is 0 Å². The summed E-state index contributed by atoms with van der Waals surface area (Å²) in [5, 5.41) is 3.38. The molecule has 1 N–H and O–H groups in total. The summed E-state index contributed by atoms with van der Waals surface area (Å²) in [7, 11) is 0. The number of ether oxygens (including phenoxy) is 1. The number of benzene rings is 2. The highest BCUT2D eigenvalue weighted by molar-refractivity contribution is 14.1. The molecule has 0 radical (unpaired) electrons. The lowest BCUT2D eigenvalue weighted by atomic mass is 9.97. The molecule has 2 aromatic carbocycles. The Morgan fingerprint density at radius 3 is 2.90 bits per heavy atom. The predicted molar refractivity (Wildman–Crippen MR) is 91.6 cm³/mol. The molecule has 0 fully saturated rings. The first-order valence-electron chi connectivity index (χ1n) is 6.60. The van der Waals surface area contributed by atoms with Gasteiger partial charge in [-0.15, -0.1) is 0 Å². The van der Waals surface area contributed by atoms with E-state index in [0.717, 1.165) is 21.1 Å². The summed E-state index contributed by atoms with van der Waals surface area (Å²) in [5.41, 5.74) is 2.70. The first-order chi connectivity index (χ1) is 10.1. The van der Waals surface area contributed by atoms with E-state index in [-0.39, 0.29) is 5.91 Å². The predicted octanol–water partition coefficient (Wildman–Crippen LogP) is 4.20. The molecule has 0 aliphatic carbocycles. The summed E-state index contributed by atoms with van der Waals surface area (Å²) in [6, 6.07) is 13.4. The number of hydrogen-bond acceptors (Lipinski definition) is 2. The fourth-order valence-electron chi connectivity index (χ4n) is 2.40. The molecule has 1 amide bonds. The first-order valence-corrected chi connectivity index (χ1v) is 8.06. The maximum atomic E-state index is 12.5. The number of halogens is 2. The van der Waals surface area contributed by atoms with Crippen LogP contribution in [0.2, 0.25) is 5.02 Å². The van der Waals surface area contributed by atoms with E-state index in [1.807, 2.05) is 36.4 Å². The number of amides is 1. The van der Waals surface area contributed by atoms with Crippen molar-refractivity contribution in [2.45, 2.75) is 12.5 Å². The second kappa shape index (κ2) is 6.34. The summed E-state index contributed by atoms with van der Waals surface area (Å²) >= 11 is 8.33. The third-order valence-electron chi connectivity index (χ3n) is 3.42. The van der Waals surface area contributed by atoms with Gasteiger partial charge in [0.15, 0.2) is 6.10 Å². The van der Waals surface area contributed by atoms with Crippen molar-refractivity contribution < 1.29 is 9.53 Å². The van der Waals surface area contributed by atoms with Crippen LogP contribution in [0.25, 0.3) is 0 Å². The third-order valence-corrected chi connectivity index (χ3v) is 4.40. The van der Waals surface area contributed by atoms with Crippen LogP contribution in [0.5, 0.6) is 0 Å². The zero-order chi connectivity index (χ0) is 14.8. The Morgan fingerprint density at radius 2 is 2.10 bits per heavy atom. The summed E-state index contributed by atoms with van der Waals surface area (Å²) in [5.74, 6) is -0.190. The zero-order valence-electron chi connectivity index (χ0n) is 11.1. The van der Waals surface area contributed by atoms with Gasteiger partial charge < -0.3 is 10.1 Å². The second-order valence-electron chi connectivity index (χ2n) is 4.81. The van der Waals surface area contributed by atoms with Gasteiger partial charge in [0.1, 0.15) is 0 Å². The standard InChI is InChI=1S/C16H13ClINO2/c17-13-9-11(18)5-6-14(13)19-16(20)15-12-4-2-1-3-10(12)7-8-21-15/h1-6,9,15H,7-8H2,(H,19,20). The van der Waals surface area contributed by atoms with E-state index in [9.17, 15) is 4.79 Å². The lowest BCUT2D eigenvalue weighted by Crippen LogP contribution is -2.28. The van der Waals surface area contributed by atoms with Crippen LogP contribution in [0.3, 0.4) is 0 Å². The van der Waals surface area contributed by atoms with Gasteiger partial charge in [0.25, 0.3) is 5.91 Å². The quantitative estimate of drug-likeness (QED) is 0.750. The van der Waals surface area contributed by atoms with Gasteiger partial charge in [0, 0.05) is 3.57 Å².